The second kappa shape index (κ2) is 10.3. The van der Waals surface area contributed by atoms with Crippen LogP contribution in [0, 0.1) is 0 Å². The van der Waals surface area contributed by atoms with Crippen LogP contribution in [0.3, 0.4) is 0 Å². The number of aromatic amines is 1. The van der Waals surface area contributed by atoms with Gasteiger partial charge in [-0.2, -0.15) is 13.6 Å². The van der Waals surface area contributed by atoms with E-state index >= 15 is 4.39 Å². The zero-order valence-corrected chi connectivity index (χ0v) is 21.3. The van der Waals surface area contributed by atoms with Gasteiger partial charge in [0.15, 0.2) is 23.8 Å². The van der Waals surface area contributed by atoms with Gasteiger partial charge >= 0.3 is 23.5 Å². The maximum absolute atomic E-state index is 15.1. The Hall–Kier alpha value is -1.59. The molecular weight excluding hydrogens is 563 g/mol. The molecule has 2 heterocycles. The number of hydrogen-bond acceptors (Lipinski definition) is 11. The van der Waals surface area contributed by atoms with E-state index in [0.717, 1.165) is 37.6 Å². The average molecular weight is 586 g/mol. The van der Waals surface area contributed by atoms with Crippen LogP contribution in [0.1, 0.15) is 27.0 Å². The van der Waals surface area contributed by atoms with Crippen molar-refractivity contribution in [3.8, 4) is 0 Å². The standard InChI is InChI=1S/C14H23F2N4O13P3/c1-13(2,31-35(26,27)33-36(28,29)32-34(23,24)25)11(22)30-10(14(3,16)6-15)20-5-4-7-8(20)18-12(17)19-9(7)21/h4-5,10-11,22H,6H2,1-3H3,(H,26,27)(H,28,29)(H2,23,24,25)(H3,17,18,19,21)/t10-,11-,14+/m1/s1. The van der Waals surface area contributed by atoms with Gasteiger partial charge in [0.25, 0.3) is 5.56 Å². The van der Waals surface area contributed by atoms with Crippen molar-refractivity contribution in [3.05, 3.63) is 22.6 Å². The SMILES string of the molecule is CC(C)(OP(=O)(O)OP(=O)(O)OP(=O)(O)O)[C@H](O)O[C@@H](n1ccc2c(=O)[nH]c(N)nc21)[C@@](C)(F)CF. The Morgan fingerprint density at radius 2 is 1.75 bits per heavy atom. The number of aliphatic hydroxyl groups excluding tert-OH is 1. The molecule has 0 aromatic carbocycles. The van der Waals surface area contributed by atoms with Gasteiger partial charge in [-0.25, -0.2) is 22.5 Å². The van der Waals surface area contributed by atoms with E-state index < -0.39 is 59.5 Å². The van der Waals surface area contributed by atoms with Crippen molar-refractivity contribution in [2.75, 3.05) is 12.4 Å². The minimum absolute atomic E-state index is 0.116. The minimum atomic E-state index is -5.88. The van der Waals surface area contributed by atoms with Crippen molar-refractivity contribution >= 4 is 40.4 Å². The summed E-state index contributed by atoms with van der Waals surface area (Å²) >= 11 is 0. The molecule has 0 spiro atoms. The molecule has 22 heteroatoms. The summed E-state index contributed by atoms with van der Waals surface area (Å²) in [5, 5.41) is 10.4. The first-order valence-corrected chi connectivity index (χ1v) is 13.9. The van der Waals surface area contributed by atoms with Crippen LogP contribution >= 0.6 is 23.5 Å². The van der Waals surface area contributed by atoms with Gasteiger partial charge in [0.05, 0.1) is 5.39 Å². The lowest BCUT2D eigenvalue weighted by atomic mass is 10.1. The van der Waals surface area contributed by atoms with Gasteiger partial charge in [-0.15, -0.1) is 0 Å². The van der Waals surface area contributed by atoms with Gasteiger partial charge in [-0.3, -0.25) is 14.3 Å². The van der Waals surface area contributed by atoms with E-state index in [1.54, 1.807) is 0 Å². The summed E-state index contributed by atoms with van der Waals surface area (Å²) in [6, 6.07) is 1.16. The first-order chi connectivity index (χ1) is 16.1. The van der Waals surface area contributed by atoms with Crippen LogP contribution < -0.4 is 11.3 Å². The highest BCUT2D eigenvalue weighted by Gasteiger charge is 2.48. The second-order valence-electron chi connectivity index (χ2n) is 7.95. The molecule has 0 radical (unpaired) electrons. The molecule has 2 unspecified atom stereocenters. The summed E-state index contributed by atoms with van der Waals surface area (Å²) in [5.74, 6) is -0.388. The zero-order chi connectivity index (χ0) is 27.9. The van der Waals surface area contributed by atoms with Crippen LogP contribution in [0.2, 0.25) is 0 Å². The number of rotatable bonds is 12. The molecule has 0 saturated carbocycles. The van der Waals surface area contributed by atoms with E-state index in [4.69, 9.17) is 20.3 Å². The molecular formula is C14H23F2N4O13P3. The van der Waals surface area contributed by atoms with E-state index in [0.29, 0.717) is 0 Å². The van der Waals surface area contributed by atoms with Gasteiger partial charge in [-0.1, -0.05) is 0 Å². The van der Waals surface area contributed by atoms with Crippen molar-refractivity contribution in [3.63, 3.8) is 0 Å². The number of H-pyrrole nitrogens is 1. The van der Waals surface area contributed by atoms with Gasteiger partial charge < -0.3 is 39.7 Å². The molecule has 0 bridgehead atoms. The number of aromatic nitrogens is 3. The first-order valence-electron chi connectivity index (χ1n) is 9.38. The normalized spacial score (nSPS) is 19.8. The van der Waals surface area contributed by atoms with E-state index in [2.05, 4.69) is 23.1 Å². The summed E-state index contributed by atoms with van der Waals surface area (Å²) in [6.07, 6.45) is -3.47. The van der Waals surface area contributed by atoms with Crippen LogP contribution in [-0.2, 0) is 31.6 Å². The summed E-state index contributed by atoms with van der Waals surface area (Å²) in [6.45, 7) is 0.737. The molecule has 2 rings (SSSR count). The van der Waals surface area contributed by atoms with Crippen LogP contribution in [0.5, 0.6) is 0 Å². The molecule has 0 fully saturated rings. The lowest BCUT2D eigenvalue weighted by Crippen LogP contribution is -2.46. The number of hydrogen-bond donors (Lipinski definition) is 7. The molecule has 17 nitrogen and oxygen atoms in total. The summed E-state index contributed by atoms with van der Waals surface area (Å²) in [5.41, 5.74) is -0.853. The maximum atomic E-state index is 15.1. The van der Waals surface area contributed by atoms with Gasteiger partial charge in [0.2, 0.25) is 5.95 Å². The predicted molar refractivity (Wildman–Crippen MR) is 115 cm³/mol. The van der Waals surface area contributed by atoms with Crippen molar-refractivity contribution < 1.29 is 65.0 Å². The molecule has 2 aromatic heterocycles. The van der Waals surface area contributed by atoms with Gasteiger partial charge in [0.1, 0.15) is 12.3 Å². The maximum Gasteiger partial charge on any atom is 0.490 e. The van der Waals surface area contributed by atoms with Crippen LogP contribution in [0.4, 0.5) is 14.7 Å². The smallest absolute Gasteiger partial charge is 0.369 e. The lowest BCUT2D eigenvalue weighted by molar-refractivity contribution is -0.256. The zero-order valence-electron chi connectivity index (χ0n) is 18.6. The number of alkyl halides is 2. The van der Waals surface area contributed by atoms with Crippen LogP contribution in [0.25, 0.3) is 11.0 Å². The quantitative estimate of drug-likeness (QED) is 0.135. The van der Waals surface area contributed by atoms with Crippen molar-refractivity contribution in [2.45, 2.75) is 44.6 Å². The fourth-order valence-corrected chi connectivity index (χ4v) is 6.06. The molecule has 0 saturated heterocycles. The van der Waals surface area contributed by atoms with Crippen molar-refractivity contribution in [2.24, 2.45) is 0 Å². The third-order valence-corrected chi connectivity index (χ3v) is 8.28. The molecule has 0 amide bonds. The van der Waals surface area contributed by atoms with Gasteiger partial charge in [0, 0.05) is 6.20 Å². The monoisotopic (exact) mass is 586 g/mol. The van der Waals surface area contributed by atoms with Crippen molar-refractivity contribution in [1.29, 1.82) is 0 Å². The Balaban J connectivity index is 2.37. The molecule has 0 aliphatic heterocycles. The molecule has 0 aliphatic carbocycles. The molecule has 36 heavy (non-hydrogen) atoms. The number of nitrogens with one attached hydrogen (secondary N) is 1. The summed E-state index contributed by atoms with van der Waals surface area (Å²) in [4.78, 5) is 54.2. The van der Waals surface area contributed by atoms with Crippen LogP contribution in [0.15, 0.2) is 17.1 Å². The number of fused-ring (bicyclic) bond motifs is 1. The number of anilines is 1. The fourth-order valence-electron chi connectivity index (χ4n) is 2.74. The largest absolute Gasteiger partial charge is 0.490 e. The average Bonchev–Trinajstić information content (AvgIpc) is 3.05. The van der Waals surface area contributed by atoms with E-state index in [1.165, 1.54) is 0 Å². The molecule has 206 valence electrons. The number of nitrogen functional groups attached to an aromatic ring is 1. The minimum Gasteiger partial charge on any atom is -0.369 e. The highest BCUT2D eigenvalue weighted by atomic mass is 31.3. The number of phosphoric acid groups is 3. The molecule has 2 aromatic rings. The molecule has 0 aliphatic rings. The Bertz CT molecular complexity index is 1310. The third-order valence-electron chi connectivity index (χ3n) is 4.25. The third kappa shape index (κ3) is 7.71. The summed E-state index contributed by atoms with van der Waals surface area (Å²) < 4.78 is 80.8. The Labute approximate surface area is 200 Å². The van der Waals surface area contributed by atoms with E-state index in [-0.39, 0.29) is 17.0 Å². The molecule has 5 atom stereocenters. The predicted octanol–water partition coefficient (Wildman–Crippen LogP) is 0.960. The topological polar surface area (TPSA) is 266 Å². The number of phosphoric ester groups is 1. The van der Waals surface area contributed by atoms with E-state index in [9.17, 15) is 37.8 Å². The Kier molecular flexibility index (Phi) is 8.75. The first kappa shape index (κ1) is 30.6. The number of halogens is 2. The highest BCUT2D eigenvalue weighted by Crippen LogP contribution is 2.67. The lowest BCUT2D eigenvalue weighted by Gasteiger charge is -2.37. The van der Waals surface area contributed by atoms with Crippen molar-refractivity contribution in [1.82, 2.24) is 14.5 Å². The fraction of sp³-hybridized carbons (Fsp3) is 0.571. The Morgan fingerprint density at radius 3 is 2.28 bits per heavy atom. The Morgan fingerprint density at radius 1 is 1.17 bits per heavy atom. The van der Waals surface area contributed by atoms with Crippen LogP contribution in [-0.4, -0.2) is 63.4 Å². The molecule has 8 N–H and O–H groups in total. The number of nitrogens with zero attached hydrogens (tertiary/aromatic N) is 2. The summed E-state index contributed by atoms with van der Waals surface area (Å²) in [7, 11) is -17.3. The second-order valence-corrected chi connectivity index (χ2v) is 12.3. The number of nitrogens with two attached hydrogens (primary N) is 1. The number of ether oxygens (including phenoxy) is 1. The van der Waals surface area contributed by atoms with Gasteiger partial charge in [-0.05, 0) is 26.8 Å². The van der Waals surface area contributed by atoms with E-state index in [1.807, 2.05) is 0 Å². The highest BCUT2D eigenvalue weighted by molar-refractivity contribution is 7.66. The number of aliphatic hydroxyl groups is 1.